The van der Waals surface area contributed by atoms with E-state index < -0.39 is 0 Å². The van der Waals surface area contributed by atoms with Gasteiger partial charge in [0.05, 0.1) is 0 Å². The molecule has 0 bridgehead atoms. The molecule has 1 aromatic rings. The molecule has 1 atom stereocenters. The Kier molecular flexibility index (Phi) is 5.20. The second-order valence-corrected chi connectivity index (χ2v) is 4.70. The van der Waals surface area contributed by atoms with Crippen molar-refractivity contribution in [1.29, 1.82) is 0 Å². The zero-order valence-corrected chi connectivity index (χ0v) is 11.4. The van der Waals surface area contributed by atoms with Crippen LogP contribution >= 0.6 is 0 Å². The SMILES string of the molecule is CCCC(CC)C(=O)c1cccc(N(C)C)c1. The zero-order valence-electron chi connectivity index (χ0n) is 11.4. The van der Waals surface area contributed by atoms with Crippen molar-refractivity contribution >= 4 is 11.5 Å². The Labute approximate surface area is 105 Å². The van der Waals surface area contributed by atoms with Crippen molar-refractivity contribution in [2.45, 2.75) is 33.1 Å². The standard InChI is InChI=1S/C15H23NO/c1-5-8-12(6-2)15(17)13-9-7-10-14(11-13)16(3)4/h7,9-12H,5-6,8H2,1-4H3. The highest BCUT2D eigenvalue weighted by Gasteiger charge is 2.17. The lowest BCUT2D eigenvalue weighted by molar-refractivity contribution is 0.0909. The van der Waals surface area contributed by atoms with Gasteiger partial charge in [0.1, 0.15) is 0 Å². The molecule has 1 aromatic carbocycles. The first-order valence-electron chi connectivity index (χ1n) is 6.41. The van der Waals surface area contributed by atoms with Crippen LogP contribution in [0.25, 0.3) is 0 Å². The molecule has 0 saturated carbocycles. The molecule has 0 saturated heterocycles. The van der Waals surface area contributed by atoms with Gasteiger partial charge in [0.15, 0.2) is 5.78 Å². The van der Waals surface area contributed by atoms with Crippen molar-refractivity contribution < 1.29 is 4.79 Å². The van der Waals surface area contributed by atoms with Crippen LogP contribution in [0.2, 0.25) is 0 Å². The Bertz CT molecular complexity index is 371. The molecule has 0 aromatic heterocycles. The molecule has 17 heavy (non-hydrogen) atoms. The molecule has 2 heteroatoms. The van der Waals surface area contributed by atoms with Crippen LogP contribution in [-0.4, -0.2) is 19.9 Å². The fourth-order valence-electron chi connectivity index (χ4n) is 2.04. The van der Waals surface area contributed by atoms with Gasteiger partial charge in [-0.2, -0.15) is 0 Å². The smallest absolute Gasteiger partial charge is 0.166 e. The van der Waals surface area contributed by atoms with Crippen molar-refractivity contribution in [3.63, 3.8) is 0 Å². The molecule has 0 spiro atoms. The average molecular weight is 233 g/mol. The first kappa shape index (κ1) is 13.8. The third kappa shape index (κ3) is 3.58. The first-order chi connectivity index (χ1) is 8.10. The number of anilines is 1. The molecular formula is C15H23NO. The predicted octanol–water partition coefficient (Wildman–Crippen LogP) is 3.76. The van der Waals surface area contributed by atoms with Gasteiger partial charge >= 0.3 is 0 Å². The minimum absolute atomic E-state index is 0.178. The summed E-state index contributed by atoms with van der Waals surface area (Å²) in [6.07, 6.45) is 2.98. The number of benzene rings is 1. The molecule has 0 aliphatic carbocycles. The Balaban J connectivity index is 2.91. The van der Waals surface area contributed by atoms with E-state index in [0.29, 0.717) is 0 Å². The summed E-state index contributed by atoms with van der Waals surface area (Å²) < 4.78 is 0. The van der Waals surface area contributed by atoms with Crippen molar-refractivity contribution in [1.82, 2.24) is 0 Å². The van der Waals surface area contributed by atoms with Gasteiger partial charge in [0.2, 0.25) is 0 Å². The van der Waals surface area contributed by atoms with Crippen LogP contribution in [0.15, 0.2) is 24.3 Å². The average Bonchev–Trinajstić information content (AvgIpc) is 2.35. The maximum atomic E-state index is 12.3. The lowest BCUT2D eigenvalue weighted by atomic mass is 9.91. The van der Waals surface area contributed by atoms with Gasteiger partial charge in [-0.15, -0.1) is 0 Å². The van der Waals surface area contributed by atoms with Crippen LogP contribution in [0, 0.1) is 5.92 Å². The van der Waals surface area contributed by atoms with Crippen LogP contribution in [0.5, 0.6) is 0 Å². The Morgan fingerprint density at radius 3 is 2.53 bits per heavy atom. The minimum atomic E-state index is 0.178. The van der Waals surface area contributed by atoms with Crippen LogP contribution < -0.4 is 4.90 Å². The third-order valence-electron chi connectivity index (χ3n) is 3.15. The summed E-state index contributed by atoms with van der Waals surface area (Å²) in [7, 11) is 3.99. The molecule has 0 amide bonds. The quantitative estimate of drug-likeness (QED) is 0.697. The molecule has 0 N–H and O–H groups in total. The fraction of sp³-hybridized carbons (Fsp3) is 0.533. The summed E-state index contributed by atoms with van der Waals surface area (Å²) in [5.74, 6) is 0.468. The monoisotopic (exact) mass is 233 g/mol. The van der Waals surface area contributed by atoms with Crippen LogP contribution in [0.1, 0.15) is 43.5 Å². The van der Waals surface area contributed by atoms with Crippen molar-refractivity contribution in [2.75, 3.05) is 19.0 Å². The second kappa shape index (κ2) is 6.43. The number of Topliss-reactive ketones (excluding diaryl/α,β-unsaturated/α-hetero) is 1. The van der Waals surface area contributed by atoms with Gasteiger partial charge in [-0.25, -0.2) is 0 Å². The van der Waals surface area contributed by atoms with Crippen molar-refractivity contribution in [3.8, 4) is 0 Å². The highest BCUT2D eigenvalue weighted by Crippen LogP contribution is 2.20. The highest BCUT2D eigenvalue weighted by atomic mass is 16.1. The van der Waals surface area contributed by atoms with Crippen molar-refractivity contribution in [2.24, 2.45) is 5.92 Å². The topological polar surface area (TPSA) is 20.3 Å². The molecule has 1 rings (SSSR count). The molecular weight excluding hydrogens is 210 g/mol. The number of hydrogen-bond acceptors (Lipinski definition) is 2. The summed E-state index contributed by atoms with van der Waals surface area (Å²) in [5, 5.41) is 0. The third-order valence-corrected chi connectivity index (χ3v) is 3.15. The van der Waals surface area contributed by atoms with E-state index >= 15 is 0 Å². The Morgan fingerprint density at radius 2 is 2.00 bits per heavy atom. The molecule has 1 unspecified atom stereocenters. The van der Waals surface area contributed by atoms with E-state index in [0.717, 1.165) is 30.5 Å². The number of carbonyl (C=O) groups is 1. The van der Waals surface area contributed by atoms with E-state index in [2.05, 4.69) is 13.8 Å². The molecule has 2 nitrogen and oxygen atoms in total. The number of carbonyl (C=O) groups excluding carboxylic acids is 1. The normalized spacial score (nSPS) is 12.2. The van der Waals surface area contributed by atoms with E-state index in [-0.39, 0.29) is 11.7 Å². The number of rotatable bonds is 6. The minimum Gasteiger partial charge on any atom is -0.378 e. The van der Waals surface area contributed by atoms with Crippen LogP contribution in [0.4, 0.5) is 5.69 Å². The molecule has 94 valence electrons. The summed E-state index contributed by atoms with van der Waals surface area (Å²) in [6.45, 7) is 4.22. The van der Waals surface area contributed by atoms with Gasteiger partial charge < -0.3 is 4.90 Å². The summed E-state index contributed by atoms with van der Waals surface area (Å²) >= 11 is 0. The van der Waals surface area contributed by atoms with Gasteiger partial charge in [-0.3, -0.25) is 4.79 Å². The van der Waals surface area contributed by atoms with Crippen molar-refractivity contribution in [3.05, 3.63) is 29.8 Å². The van der Waals surface area contributed by atoms with Gasteiger partial charge in [-0.1, -0.05) is 32.4 Å². The molecule has 0 aliphatic rings. The zero-order chi connectivity index (χ0) is 12.8. The molecule has 0 aliphatic heterocycles. The summed E-state index contributed by atoms with van der Waals surface area (Å²) in [5.41, 5.74) is 1.93. The summed E-state index contributed by atoms with van der Waals surface area (Å²) in [4.78, 5) is 14.3. The maximum absolute atomic E-state index is 12.3. The summed E-state index contributed by atoms with van der Waals surface area (Å²) in [6, 6.07) is 7.90. The Morgan fingerprint density at radius 1 is 1.29 bits per heavy atom. The molecule has 0 fully saturated rings. The lowest BCUT2D eigenvalue weighted by Crippen LogP contribution is -2.15. The van der Waals surface area contributed by atoms with E-state index in [9.17, 15) is 4.79 Å². The van der Waals surface area contributed by atoms with E-state index in [1.165, 1.54) is 0 Å². The fourth-order valence-corrected chi connectivity index (χ4v) is 2.04. The largest absolute Gasteiger partial charge is 0.378 e. The molecule has 0 radical (unpaired) electrons. The number of hydrogen-bond donors (Lipinski definition) is 0. The molecule has 0 heterocycles. The number of nitrogens with zero attached hydrogens (tertiary/aromatic N) is 1. The van der Waals surface area contributed by atoms with Crippen LogP contribution in [0.3, 0.4) is 0 Å². The predicted molar refractivity (Wildman–Crippen MR) is 73.8 cm³/mol. The van der Waals surface area contributed by atoms with Gasteiger partial charge in [0, 0.05) is 31.3 Å². The number of ketones is 1. The lowest BCUT2D eigenvalue weighted by Gasteiger charge is -2.16. The first-order valence-corrected chi connectivity index (χ1v) is 6.41. The Hall–Kier alpha value is -1.31. The maximum Gasteiger partial charge on any atom is 0.166 e. The van der Waals surface area contributed by atoms with E-state index in [1.807, 2.05) is 43.3 Å². The van der Waals surface area contributed by atoms with Gasteiger partial charge in [0.25, 0.3) is 0 Å². The highest BCUT2D eigenvalue weighted by molar-refractivity contribution is 5.98. The van der Waals surface area contributed by atoms with E-state index in [4.69, 9.17) is 0 Å². The van der Waals surface area contributed by atoms with Crippen LogP contribution in [-0.2, 0) is 0 Å². The van der Waals surface area contributed by atoms with E-state index in [1.54, 1.807) is 0 Å². The van der Waals surface area contributed by atoms with Gasteiger partial charge in [-0.05, 0) is 25.0 Å². The second-order valence-electron chi connectivity index (χ2n) is 4.70.